The van der Waals surface area contributed by atoms with E-state index in [0.717, 1.165) is 58.2 Å². The molecular formula is C21H36FN7. The summed E-state index contributed by atoms with van der Waals surface area (Å²) in [6.45, 7) is 11.4. The summed E-state index contributed by atoms with van der Waals surface area (Å²) in [6, 6.07) is 3.80. The van der Waals surface area contributed by atoms with Crippen LogP contribution < -0.4 is 15.5 Å². The summed E-state index contributed by atoms with van der Waals surface area (Å²) in [5.74, 6) is 1.56. The quantitative estimate of drug-likeness (QED) is 0.549. The number of hydrogen-bond donors (Lipinski definition) is 2. The first kappa shape index (κ1) is 21.8. The van der Waals surface area contributed by atoms with Crippen LogP contribution in [0.1, 0.15) is 20.3 Å². The minimum atomic E-state index is -0.261. The number of piperazine rings is 1. The Balaban J connectivity index is 1.51. The summed E-state index contributed by atoms with van der Waals surface area (Å²) < 4.78 is 14.0. The van der Waals surface area contributed by atoms with Gasteiger partial charge in [0.25, 0.3) is 0 Å². The van der Waals surface area contributed by atoms with Crippen molar-refractivity contribution < 1.29 is 4.39 Å². The van der Waals surface area contributed by atoms with Gasteiger partial charge < -0.3 is 20.4 Å². The first-order valence-corrected chi connectivity index (χ1v) is 10.7. The SMILES string of the molecule is CN=C(NCC(C(C)C)N1CCN(C)CC1)NC1CCN(c2ncccc2F)C1. The Labute approximate surface area is 174 Å². The number of rotatable bonds is 6. The maximum Gasteiger partial charge on any atom is 0.191 e. The van der Waals surface area contributed by atoms with E-state index in [1.54, 1.807) is 19.3 Å². The Hall–Kier alpha value is -1.93. The average Bonchev–Trinajstić information content (AvgIpc) is 3.17. The van der Waals surface area contributed by atoms with E-state index in [0.29, 0.717) is 17.8 Å². The number of anilines is 1. The lowest BCUT2D eigenvalue weighted by atomic mass is 10.0. The van der Waals surface area contributed by atoms with Gasteiger partial charge in [-0.2, -0.15) is 0 Å². The Morgan fingerprint density at radius 1 is 1.28 bits per heavy atom. The first-order valence-electron chi connectivity index (χ1n) is 10.7. The number of aromatic nitrogens is 1. The summed E-state index contributed by atoms with van der Waals surface area (Å²) in [5.41, 5.74) is 0. The summed E-state index contributed by atoms with van der Waals surface area (Å²) in [5, 5.41) is 7.04. The molecule has 2 atom stereocenters. The van der Waals surface area contributed by atoms with Crippen LogP contribution in [0, 0.1) is 11.7 Å². The Morgan fingerprint density at radius 2 is 2.03 bits per heavy atom. The molecule has 2 aliphatic heterocycles. The predicted octanol–water partition coefficient (Wildman–Crippen LogP) is 1.24. The Kier molecular flexibility index (Phi) is 7.66. The van der Waals surface area contributed by atoms with Gasteiger partial charge in [-0.05, 0) is 31.5 Å². The number of halogens is 1. The molecule has 1 aromatic rings. The van der Waals surface area contributed by atoms with Crippen molar-refractivity contribution in [1.82, 2.24) is 25.4 Å². The van der Waals surface area contributed by atoms with Crippen LogP contribution in [-0.2, 0) is 0 Å². The Bertz CT molecular complexity index is 673. The highest BCUT2D eigenvalue weighted by atomic mass is 19.1. The molecule has 0 saturated carbocycles. The van der Waals surface area contributed by atoms with Crippen molar-refractivity contribution in [1.29, 1.82) is 0 Å². The van der Waals surface area contributed by atoms with Gasteiger partial charge in [0.2, 0.25) is 0 Å². The van der Waals surface area contributed by atoms with Crippen molar-refractivity contribution >= 4 is 11.8 Å². The molecule has 2 unspecified atom stereocenters. The van der Waals surface area contributed by atoms with Crippen molar-refractivity contribution in [3.05, 3.63) is 24.1 Å². The van der Waals surface area contributed by atoms with Crippen molar-refractivity contribution in [2.24, 2.45) is 10.9 Å². The number of hydrogen-bond acceptors (Lipinski definition) is 5. The number of guanidine groups is 1. The van der Waals surface area contributed by atoms with E-state index in [9.17, 15) is 4.39 Å². The highest BCUT2D eigenvalue weighted by Crippen LogP contribution is 2.20. The fraction of sp³-hybridized carbons (Fsp3) is 0.714. The largest absolute Gasteiger partial charge is 0.355 e. The van der Waals surface area contributed by atoms with Gasteiger partial charge >= 0.3 is 0 Å². The summed E-state index contributed by atoms with van der Waals surface area (Å²) in [6.07, 6.45) is 2.58. The second-order valence-corrected chi connectivity index (χ2v) is 8.49. The van der Waals surface area contributed by atoms with E-state index in [-0.39, 0.29) is 11.9 Å². The zero-order valence-corrected chi connectivity index (χ0v) is 18.2. The van der Waals surface area contributed by atoms with E-state index < -0.39 is 0 Å². The minimum absolute atomic E-state index is 0.226. The molecule has 2 saturated heterocycles. The van der Waals surface area contributed by atoms with Crippen molar-refractivity contribution in [3.8, 4) is 0 Å². The molecule has 1 aromatic heterocycles. The topological polar surface area (TPSA) is 59.0 Å². The lowest BCUT2D eigenvalue weighted by Gasteiger charge is -2.40. The third-order valence-corrected chi connectivity index (χ3v) is 6.05. The van der Waals surface area contributed by atoms with Gasteiger partial charge in [0.15, 0.2) is 17.6 Å². The van der Waals surface area contributed by atoms with Crippen LogP contribution in [0.4, 0.5) is 10.2 Å². The third-order valence-electron chi connectivity index (χ3n) is 6.05. The average molecular weight is 406 g/mol. The van der Waals surface area contributed by atoms with Crippen LogP contribution in [0.15, 0.2) is 23.3 Å². The lowest BCUT2D eigenvalue weighted by molar-refractivity contribution is 0.0900. The molecule has 2 aliphatic rings. The maximum absolute atomic E-state index is 14.0. The second-order valence-electron chi connectivity index (χ2n) is 8.49. The van der Waals surface area contributed by atoms with Crippen LogP contribution in [0.25, 0.3) is 0 Å². The number of aliphatic imine (C=N–C) groups is 1. The molecule has 7 nitrogen and oxygen atoms in total. The van der Waals surface area contributed by atoms with Crippen LogP contribution in [0.3, 0.4) is 0 Å². The van der Waals surface area contributed by atoms with Crippen LogP contribution in [0.5, 0.6) is 0 Å². The zero-order chi connectivity index (χ0) is 20.8. The smallest absolute Gasteiger partial charge is 0.191 e. The fourth-order valence-electron chi connectivity index (χ4n) is 4.21. The first-order chi connectivity index (χ1) is 14.0. The number of pyridine rings is 1. The van der Waals surface area contributed by atoms with Crippen LogP contribution in [-0.4, -0.2) is 92.7 Å². The number of likely N-dealkylation sites (N-methyl/N-ethyl adjacent to an activating group) is 1. The molecule has 2 fully saturated rings. The predicted molar refractivity (Wildman–Crippen MR) is 117 cm³/mol. The van der Waals surface area contributed by atoms with Gasteiger partial charge in [-0.25, -0.2) is 9.37 Å². The summed E-state index contributed by atoms with van der Waals surface area (Å²) >= 11 is 0. The molecule has 0 spiro atoms. The van der Waals surface area contributed by atoms with E-state index in [1.165, 1.54) is 6.07 Å². The third kappa shape index (κ3) is 5.79. The Morgan fingerprint density at radius 3 is 2.69 bits per heavy atom. The second kappa shape index (κ2) is 10.2. The molecular weight excluding hydrogens is 369 g/mol. The molecule has 2 N–H and O–H groups in total. The van der Waals surface area contributed by atoms with Crippen molar-refractivity contribution in [3.63, 3.8) is 0 Å². The van der Waals surface area contributed by atoms with Crippen molar-refractivity contribution in [2.75, 3.05) is 64.8 Å². The van der Waals surface area contributed by atoms with Gasteiger partial charge in [0.05, 0.1) is 0 Å². The molecule has 8 heteroatoms. The minimum Gasteiger partial charge on any atom is -0.355 e. The lowest BCUT2D eigenvalue weighted by Crippen LogP contribution is -2.55. The molecule has 0 aliphatic carbocycles. The standard InChI is InChI=1S/C21H36FN7/c1-16(2)19(28-12-10-27(4)11-13-28)14-25-21(23-3)26-17-7-9-29(15-17)20-18(22)6-5-8-24-20/h5-6,8,16-17,19H,7,9-15H2,1-4H3,(H2,23,25,26). The molecule has 162 valence electrons. The summed E-state index contributed by atoms with van der Waals surface area (Å²) in [7, 11) is 3.99. The van der Waals surface area contributed by atoms with Gasteiger partial charge in [-0.3, -0.25) is 9.89 Å². The molecule has 0 aromatic carbocycles. The van der Waals surface area contributed by atoms with Crippen molar-refractivity contribution in [2.45, 2.75) is 32.4 Å². The summed E-state index contributed by atoms with van der Waals surface area (Å²) in [4.78, 5) is 15.6. The fourth-order valence-corrected chi connectivity index (χ4v) is 4.21. The van der Waals surface area contributed by atoms with Gasteiger partial charge in [0.1, 0.15) is 0 Å². The monoisotopic (exact) mass is 405 g/mol. The number of nitrogens with one attached hydrogen (secondary N) is 2. The molecule has 3 rings (SSSR count). The van der Waals surface area contributed by atoms with Crippen LogP contribution in [0.2, 0.25) is 0 Å². The van der Waals surface area contributed by atoms with Gasteiger partial charge in [-0.15, -0.1) is 0 Å². The van der Waals surface area contributed by atoms with E-state index in [1.807, 2.05) is 4.90 Å². The number of nitrogens with zero attached hydrogens (tertiary/aromatic N) is 5. The molecule has 0 radical (unpaired) electrons. The van der Waals surface area contributed by atoms with E-state index >= 15 is 0 Å². The molecule has 29 heavy (non-hydrogen) atoms. The molecule has 0 amide bonds. The molecule has 3 heterocycles. The van der Waals surface area contributed by atoms with Gasteiger partial charge in [0, 0.05) is 71.1 Å². The van der Waals surface area contributed by atoms with Gasteiger partial charge in [-0.1, -0.05) is 13.8 Å². The van der Waals surface area contributed by atoms with E-state index in [2.05, 4.69) is 51.3 Å². The molecule has 0 bridgehead atoms. The normalized spacial score (nSPS) is 22.9. The highest BCUT2D eigenvalue weighted by molar-refractivity contribution is 5.80. The highest BCUT2D eigenvalue weighted by Gasteiger charge is 2.27. The zero-order valence-electron chi connectivity index (χ0n) is 18.2. The maximum atomic E-state index is 14.0. The van der Waals surface area contributed by atoms with Crippen LogP contribution >= 0.6 is 0 Å². The van der Waals surface area contributed by atoms with E-state index in [4.69, 9.17) is 0 Å².